The molecule has 3 aromatic rings. The number of anilines is 1. The largest absolute Gasteiger partial charge is 0.435 e. The monoisotopic (exact) mass is 340 g/mol. The van der Waals surface area contributed by atoms with E-state index in [2.05, 4.69) is 15.0 Å². The molecule has 0 bridgehead atoms. The van der Waals surface area contributed by atoms with E-state index in [1.54, 1.807) is 30.6 Å². The summed E-state index contributed by atoms with van der Waals surface area (Å²) in [5, 5.41) is 4.64. The quantitative estimate of drug-likeness (QED) is 0.696. The summed E-state index contributed by atoms with van der Waals surface area (Å²) in [6.07, 6.45) is 6.36. The number of pyridine rings is 1. The van der Waals surface area contributed by atoms with Gasteiger partial charge in [0.25, 0.3) is 0 Å². The van der Waals surface area contributed by atoms with Crippen molar-refractivity contribution in [3.8, 4) is 5.75 Å². The average molecular weight is 340 g/mol. The molecule has 0 saturated heterocycles. The number of ether oxygens (including phenoxy) is 1. The lowest BCUT2D eigenvalue weighted by atomic mass is 10.1. The molecule has 126 valence electrons. The minimum absolute atomic E-state index is 0.0703. The normalized spacial score (nSPS) is 11.2. The molecule has 0 spiro atoms. The van der Waals surface area contributed by atoms with E-state index in [4.69, 9.17) is 0 Å². The highest BCUT2D eigenvalue weighted by molar-refractivity contribution is 6.07. The summed E-state index contributed by atoms with van der Waals surface area (Å²) in [6.45, 7) is -2.86. The zero-order chi connectivity index (χ0) is 17.6. The molecule has 0 unspecified atom stereocenters. The first-order valence-electron chi connectivity index (χ1n) is 7.48. The van der Waals surface area contributed by atoms with E-state index in [1.807, 2.05) is 24.3 Å². The van der Waals surface area contributed by atoms with Crippen molar-refractivity contribution in [1.29, 1.82) is 0 Å². The second-order valence-electron chi connectivity index (χ2n) is 5.17. The zero-order valence-electron chi connectivity index (χ0n) is 13.0. The van der Waals surface area contributed by atoms with Gasteiger partial charge in [0, 0.05) is 34.9 Å². The van der Waals surface area contributed by atoms with E-state index in [-0.39, 0.29) is 11.7 Å². The maximum Gasteiger partial charge on any atom is 0.387 e. The fourth-order valence-electron chi connectivity index (χ4n) is 2.34. The Labute approximate surface area is 142 Å². The molecule has 0 fully saturated rings. The number of hydrogen-bond acceptors (Lipinski definition) is 3. The SMILES string of the molecule is O=C(/C=C/c1ccc(OC(F)F)cc1)Nc1cccc2cnccc12. The summed E-state index contributed by atoms with van der Waals surface area (Å²) in [4.78, 5) is 16.2. The van der Waals surface area contributed by atoms with Crippen LogP contribution in [0.25, 0.3) is 16.8 Å². The highest BCUT2D eigenvalue weighted by Crippen LogP contribution is 2.22. The number of amides is 1. The zero-order valence-corrected chi connectivity index (χ0v) is 13.0. The molecule has 1 aromatic heterocycles. The third kappa shape index (κ3) is 4.38. The fraction of sp³-hybridized carbons (Fsp3) is 0.0526. The Morgan fingerprint density at radius 2 is 1.92 bits per heavy atom. The maximum absolute atomic E-state index is 12.1. The van der Waals surface area contributed by atoms with Gasteiger partial charge >= 0.3 is 6.61 Å². The van der Waals surface area contributed by atoms with Crippen molar-refractivity contribution in [1.82, 2.24) is 4.98 Å². The van der Waals surface area contributed by atoms with E-state index < -0.39 is 6.61 Å². The van der Waals surface area contributed by atoms with Crippen LogP contribution in [0.3, 0.4) is 0 Å². The van der Waals surface area contributed by atoms with E-state index in [0.717, 1.165) is 10.8 Å². The van der Waals surface area contributed by atoms with Gasteiger partial charge in [-0.2, -0.15) is 8.78 Å². The summed E-state index contributed by atoms with van der Waals surface area (Å²) in [5.74, 6) is -0.224. The Morgan fingerprint density at radius 1 is 1.12 bits per heavy atom. The molecular weight excluding hydrogens is 326 g/mol. The van der Waals surface area contributed by atoms with Crippen molar-refractivity contribution >= 4 is 28.4 Å². The predicted molar refractivity (Wildman–Crippen MR) is 92.5 cm³/mol. The second-order valence-corrected chi connectivity index (χ2v) is 5.17. The van der Waals surface area contributed by atoms with Crippen molar-refractivity contribution in [2.24, 2.45) is 0 Å². The predicted octanol–water partition coefficient (Wildman–Crippen LogP) is 4.49. The van der Waals surface area contributed by atoms with Crippen molar-refractivity contribution in [2.45, 2.75) is 6.61 Å². The van der Waals surface area contributed by atoms with Crippen LogP contribution in [0.5, 0.6) is 5.75 Å². The fourth-order valence-corrected chi connectivity index (χ4v) is 2.34. The Morgan fingerprint density at radius 3 is 2.68 bits per heavy atom. The minimum Gasteiger partial charge on any atom is -0.435 e. The molecule has 0 aliphatic carbocycles. The van der Waals surface area contributed by atoms with Crippen LogP contribution in [0, 0.1) is 0 Å². The third-order valence-electron chi connectivity index (χ3n) is 3.47. The van der Waals surface area contributed by atoms with Crippen LogP contribution < -0.4 is 10.1 Å². The molecule has 4 nitrogen and oxygen atoms in total. The summed E-state index contributed by atoms with van der Waals surface area (Å²) >= 11 is 0. The van der Waals surface area contributed by atoms with Crippen molar-refractivity contribution in [2.75, 3.05) is 5.32 Å². The average Bonchev–Trinajstić information content (AvgIpc) is 2.61. The maximum atomic E-state index is 12.1. The number of alkyl halides is 2. The van der Waals surface area contributed by atoms with Gasteiger partial charge in [0.05, 0.1) is 0 Å². The summed E-state index contributed by atoms with van der Waals surface area (Å²) < 4.78 is 28.5. The highest BCUT2D eigenvalue weighted by atomic mass is 19.3. The standard InChI is InChI=1S/C19H14F2N2O2/c20-19(21)25-15-7-4-13(5-8-15)6-9-18(24)23-17-3-1-2-14-12-22-11-10-16(14)17/h1-12,19H,(H,23,24)/b9-6+. The molecule has 25 heavy (non-hydrogen) atoms. The molecule has 0 aliphatic rings. The number of fused-ring (bicyclic) bond motifs is 1. The van der Waals surface area contributed by atoms with Gasteiger partial charge in [-0.05, 0) is 35.9 Å². The first-order chi connectivity index (χ1) is 12.1. The highest BCUT2D eigenvalue weighted by Gasteiger charge is 2.04. The number of carbonyl (C=O) groups excluding carboxylic acids is 1. The Bertz CT molecular complexity index is 903. The number of aromatic nitrogens is 1. The number of hydrogen-bond donors (Lipinski definition) is 1. The van der Waals surface area contributed by atoms with Gasteiger partial charge in [-0.15, -0.1) is 0 Å². The lowest BCUT2D eigenvalue weighted by molar-refractivity contribution is -0.111. The van der Waals surface area contributed by atoms with Crippen molar-refractivity contribution in [3.05, 3.63) is 72.6 Å². The van der Waals surface area contributed by atoms with Gasteiger partial charge in [0.1, 0.15) is 5.75 Å². The van der Waals surface area contributed by atoms with Gasteiger partial charge in [-0.1, -0.05) is 24.3 Å². The van der Waals surface area contributed by atoms with E-state index >= 15 is 0 Å². The number of halogens is 2. The molecule has 0 atom stereocenters. The van der Waals surface area contributed by atoms with Gasteiger partial charge in [-0.3, -0.25) is 9.78 Å². The van der Waals surface area contributed by atoms with Gasteiger partial charge < -0.3 is 10.1 Å². The molecule has 1 heterocycles. The molecule has 0 saturated carbocycles. The number of nitrogens with one attached hydrogen (secondary N) is 1. The smallest absolute Gasteiger partial charge is 0.387 e. The van der Waals surface area contributed by atoms with Crippen molar-refractivity contribution < 1.29 is 18.3 Å². The molecule has 0 radical (unpaired) electrons. The van der Waals surface area contributed by atoms with Gasteiger partial charge in [0.2, 0.25) is 5.91 Å². The lowest BCUT2D eigenvalue weighted by Crippen LogP contribution is -2.08. The number of nitrogens with zero attached hydrogens (tertiary/aromatic N) is 1. The van der Waals surface area contributed by atoms with E-state index in [1.165, 1.54) is 18.2 Å². The summed E-state index contributed by atoms with van der Waals surface area (Å²) in [5.41, 5.74) is 1.38. The number of carbonyl (C=O) groups is 1. The first kappa shape index (κ1) is 16.6. The Hall–Kier alpha value is -3.28. The topological polar surface area (TPSA) is 51.2 Å². The molecule has 2 aromatic carbocycles. The molecular formula is C19H14F2N2O2. The summed E-state index contributed by atoms with van der Waals surface area (Å²) in [7, 11) is 0. The summed E-state index contributed by atoms with van der Waals surface area (Å²) in [6, 6.07) is 13.4. The molecule has 0 aliphatic heterocycles. The number of rotatable bonds is 5. The van der Waals surface area contributed by atoms with Gasteiger partial charge in [0.15, 0.2) is 0 Å². The van der Waals surface area contributed by atoms with Crippen LogP contribution in [-0.2, 0) is 4.79 Å². The van der Waals surface area contributed by atoms with E-state index in [0.29, 0.717) is 11.3 Å². The molecule has 1 amide bonds. The van der Waals surface area contributed by atoms with Crippen molar-refractivity contribution in [3.63, 3.8) is 0 Å². The van der Waals surface area contributed by atoms with Crippen LogP contribution >= 0.6 is 0 Å². The lowest BCUT2D eigenvalue weighted by Gasteiger charge is -2.06. The number of benzene rings is 2. The molecule has 3 rings (SSSR count). The molecule has 1 N–H and O–H groups in total. The van der Waals surface area contributed by atoms with Crippen LogP contribution in [0.4, 0.5) is 14.5 Å². The first-order valence-corrected chi connectivity index (χ1v) is 7.48. The molecule has 6 heteroatoms. The Balaban J connectivity index is 1.68. The van der Waals surface area contributed by atoms with Crippen LogP contribution in [0.2, 0.25) is 0 Å². The third-order valence-corrected chi connectivity index (χ3v) is 3.47. The second kappa shape index (κ2) is 7.53. The van der Waals surface area contributed by atoms with Crippen LogP contribution in [0.1, 0.15) is 5.56 Å². The Kier molecular flexibility index (Phi) is 4.99. The van der Waals surface area contributed by atoms with Crippen LogP contribution in [-0.4, -0.2) is 17.5 Å². The van der Waals surface area contributed by atoms with Crippen LogP contribution in [0.15, 0.2) is 67.0 Å². The van der Waals surface area contributed by atoms with E-state index in [9.17, 15) is 13.6 Å². The van der Waals surface area contributed by atoms with Gasteiger partial charge in [-0.25, -0.2) is 0 Å². The minimum atomic E-state index is -2.86.